The maximum atomic E-state index is 12.7. The van der Waals surface area contributed by atoms with Crippen LogP contribution in [0.25, 0.3) is 0 Å². The largest absolute Gasteiger partial charge is 0.340 e. The highest BCUT2D eigenvalue weighted by Gasteiger charge is 2.55. The van der Waals surface area contributed by atoms with Gasteiger partial charge in [-0.1, -0.05) is 41.9 Å². The van der Waals surface area contributed by atoms with E-state index in [0.29, 0.717) is 31.2 Å². The Hall–Kier alpha value is -2.22. The third-order valence-corrected chi connectivity index (χ3v) is 7.76. The molecular weight excluding hydrogens is 378 g/mol. The Balaban J connectivity index is 1.56. The third kappa shape index (κ3) is 3.34. The number of sulfone groups is 1. The van der Waals surface area contributed by atoms with E-state index in [1.807, 2.05) is 30.3 Å². The molecule has 3 atom stereocenters. The molecule has 0 radical (unpaired) electrons. The van der Waals surface area contributed by atoms with Crippen molar-refractivity contribution in [2.75, 3.05) is 19.3 Å². The van der Waals surface area contributed by atoms with Crippen LogP contribution in [0, 0.1) is 5.92 Å². The monoisotopic (exact) mass is 403 g/mol. The van der Waals surface area contributed by atoms with Crippen LogP contribution in [0.2, 0.25) is 0 Å². The van der Waals surface area contributed by atoms with Crippen LogP contribution >= 0.6 is 0 Å². The van der Waals surface area contributed by atoms with Gasteiger partial charge in [-0.15, -0.1) is 0 Å². The molecule has 7 nitrogen and oxygen atoms in total. The van der Waals surface area contributed by atoms with Gasteiger partial charge in [0.1, 0.15) is 5.25 Å². The van der Waals surface area contributed by atoms with E-state index in [1.54, 1.807) is 4.90 Å². The number of rotatable bonds is 5. The Morgan fingerprint density at radius 3 is 2.82 bits per heavy atom. The lowest BCUT2D eigenvalue weighted by Crippen LogP contribution is -2.42. The predicted octanol–water partition coefficient (Wildman–Crippen LogP) is 1.97. The first-order chi connectivity index (χ1) is 13.3. The van der Waals surface area contributed by atoms with Crippen molar-refractivity contribution in [3.63, 3.8) is 0 Å². The quantitative estimate of drug-likeness (QED) is 0.758. The summed E-state index contributed by atoms with van der Waals surface area (Å²) in [6.45, 7) is 2.46. The Bertz CT molecular complexity index is 972. The number of amides is 1. The van der Waals surface area contributed by atoms with Gasteiger partial charge in [0.25, 0.3) is 0 Å². The highest BCUT2D eigenvalue weighted by atomic mass is 32.2. The van der Waals surface area contributed by atoms with Gasteiger partial charge >= 0.3 is 0 Å². The number of hydrogen-bond donors (Lipinski definition) is 0. The Labute approximate surface area is 165 Å². The summed E-state index contributed by atoms with van der Waals surface area (Å²) in [6.07, 6.45) is 4.61. The second-order valence-corrected chi connectivity index (χ2v) is 10.5. The van der Waals surface area contributed by atoms with Crippen molar-refractivity contribution in [1.82, 2.24) is 15.0 Å². The highest BCUT2D eigenvalue weighted by molar-refractivity contribution is 7.92. The fourth-order valence-corrected chi connectivity index (χ4v) is 5.07. The minimum absolute atomic E-state index is 0.230. The summed E-state index contributed by atoms with van der Waals surface area (Å²) in [5.74, 6) is 1.12. The summed E-state index contributed by atoms with van der Waals surface area (Å²) in [6, 6.07) is 9.97. The van der Waals surface area contributed by atoms with Crippen molar-refractivity contribution in [1.29, 1.82) is 0 Å². The van der Waals surface area contributed by atoms with E-state index in [-0.39, 0.29) is 17.2 Å². The van der Waals surface area contributed by atoms with Gasteiger partial charge in [0, 0.05) is 25.8 Å². The number of hydrogen-bond acceptors (Lipinski definition) is 6. The molecule has 2 fully saturated rings. The summed E-state index contributed by atoms with van der Waals surface area (Å²) in [5, 5.41) is 3.14. The average molecular weight is 404 g/mol. The van der Waals surface area contributed by atoms with Gasteiger partial charge in [-0.05, 0) is 31.2 Å². The van der Waals surface area contributed by atoms with Crippen molar-refractivity contribution >= 4 is 15.7 Å². The zero-order valence-electron chi connectivity index (χ0n) is 16.2. The van der Waals surface area contributed by atoms with Crippen molar-refractivity contribution in [2.24, 2.45) is 5.92 Å². The first-order valence-corrected chi connectivity index (χ1v) is 11.6. The van der Waals surface area contributed by atoms with E-state index in [2.05, 4.69) is 10.1 Å². The third-order valence-electron chi connectivity index (χ3n) is 6.27. The molecule has 1 saturated carbocycles. The predicted molar refractivity (Wildman–Crippen MR) is 103 cm³/mol. The van der Waals surface area contributed by atoms with Gasteiger partial charge in [0.05, 0.1) is 5.41 Å². The molecular formula is C20H25N3O4S. The van der Waals surface area contributed by atoms with Gasteiger partial charge in [-0.25, -0.2) is 8.42 Å². The number of likely N-dealkylation sites (tertiary alicyclic amines) is 1. The van der Waals surface area contributed by atoms with Crippen molar-refractivity contribution < 1.29 is 17.7 Å². The molecule has 8 heteroatoms. The smallest absolute Gasteiger partial charge is 0.240 e. The van der Waals surface area contributed by atoms with Gasteiger partial charge in [0.15, 0.2) is 15.7 Å². The van der Waals surface area contributed by atoms with E-state index in [1.165, 1.54) is 6.92 Å². The van der Waals surface area contributed by atoms with E-state index in [4.69, 9.17) is 4.52 Å². The van der Waals surface area contributed by atoms with Crippen LogP contribution in [0.4, 0.5) is 0 Å². The van der Waals surface area contributed by atoms with Crippen LogP contribution in [0.1, 0.15) is 43.5 Å². The van der Waals surface area contributed by atoms with Crippen LogP contribution in [0.5, 0.6) is 0 Å². The second-order valence-electron chi connectivity index (χ2n) is 8.11. The van der Waals surface area contributed by atoms with Crippen LogP contribution in [-0.2, 0) is 26.5 Å². The standard InChI is InChI=1S/C20H25N3O4S/c1-14(28(2,25)26)18(24)23-12-16-9-6-10-20(16,13-23)19-21-17(22-27-19)11-15-7-4-3-5-8-15/h3-5,7-8,14,16H,6,9-13H2,1-2H3/t14-,16-,20-/m1/s1. The fraction of sp³-hybridized carbons (Fsp3) is 0.550. The number of fused-ring (bicyclic) bond motifs is 1. The molecule has 150 valence electrons. The van der Waals surface area contributed by atoms with Crippen LogP contribution in [-0.4, -0.2) is 54.0 Å². The zero-order chi connectivity index (χ0) is 19.9. The van der Waals surface area contributed by atoms with Crippen molar-refractivity contribution in [3.8, 4) is 0 Å². The molecule has 2 aliphatic rings. The molecule has 2 aromatic rings. The van der Waals surface area contributed by atoms with E-state index in [0.717, 1.165) is 31.1 Å². The normalized spacial score (nSPS) is 25.6. The Morgan fingerprint density at radius 2 is 2.11 bits per heavy atom. The van der Waals surface area contributed by atoms with E-state index >= 15 is 0 Å². The summed E-state index contributed by atoms with van der Waals surface area (Å²) in [5.41, 5.74) is 0.759. The summed E-state index contributed by atoms with van der Waals surface area (Å²) >= 11 is 0. The minimum Gasteiger partial charge on any atom is -0.340 e. The zero-order valence-corrected chi connectivity index (χ0v) is 17.0. The minimum atomic E-state index is -3.42. The highest BCUT2D eigenvalue weighted by Crippen LogP contribution is 2.50. The van der Waals surface area contributed by atoms with Crippen molar-refractivity contribution in [2.45, 2.75) is 43.3 Å². The van der Waals surface area contributed by atoms with Gasteiger partial charge in [-0.2, -0.15) is 4.98 Å². The molecule has 1 amide bonds. The summed E-state index contributed by atoms with van der Waals surface area (Å²) in [7, 11) is -3.42. The van der Waals surface area contributed by atoms with Crippen molar-refractivity contribution in [3.05, 3.63) is 47.6 Å². The fourth-order valence-electron chi connectivity index (χ4n) is 4.55. The first-order valence-electron chi connectivity index (χ1n) is 9.64. The number of nitrogens with zero attached hydrogens (tertiary/aromatic N) is 3. The Morgan fingerprint density at radius 1 is 1.36 bits per heavy atom. The summed E-state index contributed by atoms with van der Waals surface area (Å²) in [4.78, 5) is 19.1. The van der Waals surface area contributed by atoms with Gasteiger partial charge in [0.2, 0.25) is 11.8 Å². The first kappa shape index (κ1) is 19.1. The van der Waals surface area contributed by atoms with E-state index < -0.39 is 15.1 Å². The lowest BCUT2D eigenvalue weighted by Gasteiger charge is -2.25. The number of carbonyl (C=O) groups is 1. The molecule has 2 heterocycles. The molecule has 0 bridgehead atoms. The van der Waals surface area contributed by atoms with E-state index in [9.17, 15) is 13.2 Å². The SMILES string of the molecule is C[C@H](C(=O)N1C[C@H]2CCC[C@@]2(c2nc(Cc3ccccc3)no2)C1)S(C)(=O)=O. The lowest BCUT2D eigenvalue weighted by molar-refractivity contribution is -0.129. The topological polar surface area (TPSA) is 93.4 Å². The molecule has 1 aromatic carbocycles. The number of aromatic nitrogens is 2. The lowest BCUT2D eigenvalue weighted by atomic mass is 9.80. The number of benzene rings is 1. The molecule has 4 rings (SSSR count). The molecule has 1 aromatic heterocycles. The average Bonchev–Trinajstić information content (AvgIpc) is 3.34. The molecule has 1 saturated heterocycles. The van der Waals surface area contributed by atoms with Crippen LogP contribution < -0.4 is 0 Å². The maximum absolute atomic E-state index is 12.7. The molecule has 1 aliphatic carbocycles. The van der Waals surface area contributed by atoms with Gasteiger partial charge < -0.3 is 9.42 Å². The molecule has 28 heavy (non-hydrogen) atoms. The van der Waals surface area contributed by atoms with Gasteiger partial charge in [-0.3, -0.25) is 4.79 Å². The van der Waals surface area contributed by atoms with Crippen LogP contribution in [0.15, 0.2) is 34.9 Å². The molecule has 0 N–H and O–H groups in total. The summed E-state index contributed by atoms with van der Waals surface area (Å²) < 4.78 is 29.3. The maximum Gasteiger partial charge on any atom is 0.240 e. The molecule has 0 spiro atoms. The number of carbonyl (C=O) groups excluding carboxylic acids is 1. The molecule has 1 aliphatic heterocycles. The van der Waals surface area contributed by atoms with Crippen LogP contribution in [0.3, 0.4) is 0 Å². The molecule has 0 unspecified atom stereocenters. The Kier molecular flexibility index (Phi) is 4.77. The second kappa shape index (κ2) is 6.99.